The van der Waals surface area contributed by atoms with E-state index in [-0.39, 0.29) is 28.2 Å². The number of anilines is 3. The fourth-order valence-electron chi connectivity index (χ4n) is 14.8. The first kappa shape index (κ1) is 66.4. The minimum Gasteiger partial charge on any atom is -0.382 e. The third-order valence-electron chi connectivity index (χ3n) is 20.1. The van der Waals surface area contributed by atoms with Crippen LogP contribution in [0.15, 0.2) is 124 Å². The van der Waals surface area contributed by atoms with Crippen LogP contribution in [0.2, 0.25) is 0 Å². The van der Waals surface area contributed by atoms with Crippen molar-refractivity contribution in [2.24, 2.45) is 16.2 Å². The van der Waals surface area contributed by atoms with E-state index in [0.717, 1.165) is 99.2 Å². The smallest absolute Gasteiger partial charge is 0.264 e. The van der Waals surface area contributed by atoms with Gasteiger partial charge < -0.3 is 44.7 Å². The first-order chi connectivity index (χ1) is 43.9. The molecule has 0 radical (unpaired) electrons. The molecular weight excluding hydrogens is 1190 g/mol. The third-order valence-corrected chi connectivity index (χ3v) is 22.6. The number of likely N-dealkylation sites (tertiary alicyclic amines) is 1. The number of ether oxygens (including phenoxy) is 4. The van der Waals surface area contributed by atoms with E-state index in [1.165, 1.54) is 49.8 Å². The van der Waals surface area contributed by atoms with Gasteiger partial charge in [-0.25, -0.2) is 13.1 Å². The highest BCUT2D eigenvalue weighted by Crippen LogP contribution is 2.79. The molecule has 0 aromatic heterocycles. The topological polar surface area (TPSA) is 200 Å². The van der Waals surface area contributed by atoms with Crippen molar-refractivity contribution >= 4 is 62.5 Å². The van der Waals surface area contributed by atoms with Crippen molar-refractivity contribution in [2.75, 3.05) is 126 Å². The van der Waals surface area contributed by atoms with E-state index in [2.05, 4.69) is 74.9 Å². The molecule has 4 aromatic carbocycles. The van der Waals surface area contributed by atoms with Crippen molar-refractivity contribution in [3.8, 4) is 0 Å². The van der Waals surface area contributed by atoms with Crippen LogP contribution in [0.25, 0.3) is 0 Å². The summed E-state index contributed by atoms with van der Waals surface area (Å²) in [6, 6.07) is 27.0. The summed E-state index contributed by atoms with van der Waals surface area (Å²) in [6.45, 7) is 24.0. The minimum atomic E-state index is -4.16. The van der Waals surface area contributed by atoms with Crippen LogP contribution in [0.5, 0.6) is 0 Å². The number of rotatable bonds is 31. The first-order valence-electron chi connectivity index (χ1n) is 33.1. The molecule has 20 heteroatoms. The van der Waals surface area contributed by atoms with Crippen molar-refractivity contribution < 1.29 is 46.5 Å². The zero-order valence-corrected chi connectivity index (χ0v) is 55.4. The zero-order valence-electron chi connectivity index (χ0n) is 53.8. The Morgan fingerprint density at radius 2 is 1.48 bits per heavy atom. The van der Waals surface area contributed by atoms with E-state index >= 15 is 0 Å². The SMILES string of the molecule is C=C1CCC(N2C(=O)c3cccc(NCCOCCOCCOCCOC4CCN(CC[C@H](CSc5ccccc5)Nc5ccc(S(=O)(=O)NC(=O)c6ccc(N7CCN(CC8=C(C9%10CC(CC)(C9)C%10)CC(C)(C)CC8)CC7)cc6)cc5C)CC4)c3C2=O)C(=O)N1. The summed E-state index contributed by atoms with van der Waals surface area (Å²) in [5, 5.41) is 9.62. The summed E-state index contributed by atoms with van der Waals surface area (Å²) in [7, 11) is -4.16. The molecule has 2 atom stereocenters. The number of nitrogens with one attached hydrogen (secondary N) is 4. The van der Waals surface area contributed by atoms with Gasteiger partial charge in [0.05, 0.1) is 68.4 Å². The van der Waals surface area contributed by atoms with Gasteiger partial charge in [-0.1, -0.05) is 69.2 Å². The van der Waals surface area contributed by atoms with Gasteiger partial charge in [0.15, 0.2) is 0 Å². The molecule has 0 spiro atoms. The average molecular weight is 1280 g/mol. The monoisotopic (exact) mass is 1280 g/mol. The van der Waals surface area contributed by atoms with Crippen molar-refractivity contribution in [2.45, 2.75) is 133 Å². The number of carbonyl (C=O) groups excluding carboxylic acids is 4. The Kier molecular flexibility index (Phi) is 21.5. The highest BCUT2D eigenvalue weighted by Gasteiger charge is 2.68. The molecular formula is C71H94N8O10S2. The van der Waals surface area contributed by atoms with Gasteiger partial charge in [-0.15, -0.1) is 11.8 Å². The molecule has 4 aliphatic carbocycles. The molecule has 18 nitrogen and oxygen atoms in total. The van der Waals surface area contributed by atoms with Gasteiger partial charge in [-0.05, 0) is 166 Å². The molecule has 91 heavy (non-hydrogen) atoms. The lowest BCUT2D eigenvalue weighted by Crippen LogP contribution is -2.63. The number of piperazine rings is 1. The molecule has 2 bridgehead atoms. The maximum absolute atomic E-state index is 13.7. The summed E-state index contributed by atoms with van der Waals surface area (Å²) in [5.41, 5.74) is 9.71. The Labute approximate surface area is 543 Å². The van der Waals surface area contributed by atoms with E-state index in [0.29, 0.717) is 98.8 Å². The Hall–Kier alpha value is -6.10. The minimum absolute atomic E-state index is 0.0407. The first-order valence-corrected chi connectivity index (χ1v) is 35.6. The summed E-state index contributed by atoms with van der Waals surface area (Å²) in [6.07, 6.45) is 13.1. The van der Waals surface area contributed by atoms with Crippen molar-refractivity contribution in [3.63, 3.8) is 0 Å². The molecule has 4 amide bonds. The van der Waals surface area contributed by atoms with Crippen molar-refractivity contribution in [3.05, 3.63) is 137 Å². The van der Waals surface area contributed by atoms with Gasteiger partial charge in [-0.2, -0.15) is 0 Å². The summed E-state index contributed by atoms with van der Waals surface area (Å²) in [4.78, 5) is 62.5. The lowest BCUT2D eigenvalue weighted by atomic mass is 9.31. The van der Waals surface area contributed by atoms with Crippen LogP contribution in [-0.4, -0.2) is 176 Å². The number of hydrogen-bond donors (Lipinski definition) is 4. The van der Waals surface area contributed by atoms with Crippen LogP contribution < -0.4 is 25.6 Å². The van der Waals surface area contributed by atoms with E-state index in [1.54, 1.807) is 59.8 Å². The fraction of sp³-hybridized carbons (Fsp3) is 0.549. The molecule has 1 unspecified atom stereocenters. The second kappa shape index (κ2) is 29.5. The van der Waals surface area contributed by atoms with Gasteiger partial charge in [-0.3, -0.25) is 29.0 Å². The van der Waals surface area contributed by atoms with Crippen LogP contribution in [0.1, 0.15) is 134 Å². The quantitative estimate of drug-likeness (QED) is 0.0160. The average Bonchev–Trinajstić information content (AvgIpc) is 1.14. The molecule has 6 fully saturated rings. The maximum atomic E-state index is 13.7. The lowest BCUT2D eigenvalue weighted by molar-refractivity contribution is -0.182. The highest BCUT2D eigenvalue weighted by atomic mass is 32.2. The van der Waals surface area contributed by atoms with Crippen LogP contribution >= 0.6 is 11.8 Å². The van der Waals surface area contributed by atoms with Crippen LogP contribution in [0.4, 0.5) is 17.1 Å². The van der Waals surface area contributed by atoms with Crippen LogP contribution in [0, 0.1) is 23.2 Å². The number of hydrogen-bond acceptors (Lipinski definition) is 16. The van der Waals surface area contributed by atoms with Gasteiger partial charge >= 0.3 is 0 Å². The normalized spacial score (nSPS) is 23.1. The van der Waals surface area contributed by atoms with E-state index < -0.39 is 39.7 Å². The van der Waals surface area contributed by atoms with Crippen LogP contribution in [0.3, 0.4) is 0 Å². The number of piperidine rings is 2. The Balaban J connectivity index is 0.559. The third kappa shape index (κ3) is 16.1. The molecule has 4 aromatic rings. The zero-order chi connectivity index (χ0) is 63.8. The van der Waals surface area contributed by atoms with E-state index in [1.807, 2.05) is 48.9 Å². The molecule has 490 valence electrons. The lowest BCUT2D eigenvalue weighted by Gasteiger charge is -2.73. The number of imide groups is 1. The van der Waals surface area contributed by atoms with Crippen molar-refractivity contribution in [1.82, 2.24) is 24.7 Å². The molecule has 4 aliphatic heterocycles. The summed E-state index contributed by atoms with van der Waals surface area (Å²) < 4.78 is 53.2. The number of benzene rings is 4. The van der Waals surface area contributed by atoms with Crippen molar-refractivity contribution in [1.29, 1.82) is 0 Å². The number of fused-ring (bicyclic) bond motifs is 1. The second-order valence-electron chi connectivity index (χ2n) is 27.1. The molecule has 3 saturated heterocycles. The number of carbonyl (C=O) groups is 4. The Morgan fingerprint density at radius 1 is 0.780 bits per heavy atom. The standard InChI is InChI=1S/C71H94N8O10S2/c1-6-70-47-71(48-70,49-70)60-44-69(4,5)27-23-53(60)45-77-32-34-78(35-33-77)55-18-16-52(17-19-55)65(80)75-91(84,85)58-20-21-61(50(2)43-58)74-54(46-90-57-11-8-7-9-12-57)24-29-76-30-25-56(26-31-76)89-42-41-88-40-39-87-38-37-86-36-28-72-62-14-10-13-59-64(62)68(83)79(67(59)82)63-22-15-51(3)73-66(63)81/h7-14,16-21,43,54,56,63,72,74H,3,6,15,22-42,44-49H2,1-2,4-5H3,(H,73,81)(H,75,80)/t54-,63?,70?,71?/m1/s1. The van der Waals surface area contributed by atoms with Gasteiger partial charge in [0, 0.05) is 104 Å². The second-order valence-corrected chi connectivity index (χ2v) is 29.9. The maximum Gasteiger partial charge on any atom is 0.264 e. The number of nitrogens with zero attached hydrogens (tertiary/aromatic N) is 4. The molecule has 4 heterocycles. The molecule has 8 aliphatic rings. The largest absolute Gasteiger partial charge is 0.382 e. The summed E-state index contributed by atoms with van der Waals surface area (Å²) >= 11 is 1.80. The molecule has 12 rings (SSSR count). The number of allylic oxidation sites excluding steroid dienone is 2. The Morgan fingerprint density at radius 3 is 2.18 bits per heavy atom. The predicted molar refractivity (Wildman–Crippen MR) is 357 cm³/mol. The van der Waals surface area contributed by atoms with E-state index in [4.69, 9.17) is 18.9 Å². The van der Waals surface area contributed by atoms with Gasteiger partial charge in [0.25, 0.3) is 27.7 Å². The fourth-order valence-corrected chi connectivity index (χ4v) is 16.9. The molecule has 4 N–H and O–H groups in total. The number of thioether (sulfide) groups is 1. The van der Waals surface area contributed by atoms with E-state index in [9.17, 15) is 27.6 Å². The number of sulfonamides is 1. The van der Waals surface area contributed by atoms with Gasteiger partial charge in [0.2, 0.25) is 5.91 Å². The number of amides is 4. The van der Waals surface area contributed by atoms with Crippen LogP contribution in [-0.2, 0) is 33.8 Å². The van der Waals surface area contributed by atoms with Gasteiger partial charge in [0.1, 0.15) is 6.04 Å². The molecule has 3 saturated carbocycles. The number of aryl methyl sites for hydroxylation is 1. The predicted octanol–water partition coefficient (Wildman–Crippen LogP) is 10.3. The Bertz CT molecular complexity index is 3380. The summed E-state index contributed by atoms with van der Waals surface area (Å²) in [5.74, 6) is -1.19. The highest BCUT2D eigenvalue weighted by molar-refractivity contribution is 7.99.